The third kappa shape index (κ3) is 2.46. The molecule has 1 saturated heterocycles. The zero-order chi connectivity index (χ0) is 13.3. The van der Waals surface area contributed by atoms with Gasteiger partial charge in [0.25, 0.3) is 0 Å². The minimum Gasteiger partial charge on any atom is -0.369 e. The van der Waals surface area contributed by atoms with E-state index in [1.165, 1.54) is 0 Å². The largest absolute Gasteiger partial charge is 0.369 e. The standard InChI is InChI=1S/C13H17F3N2/c1-8-7-18(4-3-12(8)17-2)13-6-10(15)9(14)5-11(13)16/h5-6,8,12,17H,3-4,7H2,1-2H3. The summed E-state index contributed by atoms with van der Waals surface area (Å²) in [6, 6.07) is 1.94. The lowest BCUT2D eigenvalue weighted by Crippen LogP contribution is -2.47. The van der Waals surface area contributed by atoms with Gasteiger partial charge in [-0.05, 0) is 19.4 Å². The highest BCUT2D eigenvalue weighted by molar-refractivity contribution is 5.49. The highest BCUT2D eigenvalue weighted by atomic mass is 19.2. The molecule has 1 aromatic rings. The molecule has 1 fully saturated rings. The van der Waals surface area contributed by atoms with Crippen LogP contribution in [-0.2, 0) is 0 Å². The summed E-state index contributed by atoms with van der Waals surface area (Å²) in [6.45, 7) is 3.33. The van der Waals surface area contributed by atoms with Crippen molar-refractivity contribution in [1.82, 2.24) is 5.32 Å². The molecule has 2 unspecified atom stereocenters. The predicted molar refractivity (Wildman–Crippen MR) is 65.2 cm³/mol. The fraction of sp³-hybridized carbons (Fsp3) is 0.538. The van der Waals surface area contributed by atoms with Crippen molar-refractivity contribution in [2.24, 2.45) is 5.92 Å². The van der Waals surface area contributed by atoms with Gasteiger partial charge in [0.1, 0.15) is 5.82 Å². The van der Waals surface area contributed by atoms with E-state index in [1.807, 2.05) is 7.05 Å². The Hall–Kier alpha value is -1.23. The number of piperidine rings is 1. The van der Waals surface area contributed by atoms with Crippen LogP contribution < -0.4 is 10.2 Å². The number of nitrogens with zero attached hydrogens (tertiary/aromatic N) is 1. The molecule has 0 aliphatic carbocycles. The van der Waals surface area contributed by atoms with Gasteiger partial charge in [0.2, 0.25) is 0 Å². The summed E-state index contributed by atoms with van der Waals surface area (Å²) in [5.41, 5.74) is 0.148. The summed E-state index contributed by atoms with van der Waals surface area (Å²) >= 11 is 0. The molecule has 2 rings (SSSR count). The fourth-order valence-corrected chi connectivity index (χ4v) is 2.55. The molecule has 0 amide bonds. The van der Waals surface area contributed by atoms with Gasteiger partial charge in [-0.25, -0.2) is 13.2 Å². The Bertz CT molecular complexity index is 436. The molecule has 100 valence electrons. The topological polar surface area (TPSA) is 15.3 Å². The normalized spacial score (nSPS) is 24.4. The number of hydrogen-bond donors (Lipinski definition) is 1. The first-order valence-corrected chi connectivity index (χ1v) is 6.09. The quantitative estimate of drug-likeness (QED) is 0.820. The summed E-state index contributed by atoms with van der Waals surface area (Å²) in [4.78, 5) is 1.77. The SMILES string of the molecule is CNC1CCN(c2cc(F)c(F)cc2F)CC1C. The lowest BCUT2D eigenvalue weighted by Gasteiger charge is -2.38. The zero-order valence-corrected chi connectivity index (χ0v) is 10.5. The van der Waals surface area contributed by atoms with Crippen LogP contribution in [0.15, 0.2) is 12.1 Å². The average Bonchev–Trinajstić information content (AvgIpc) is 2.33. The second kappa shape index (κ2) is 5.18. The summed E-state index contributed by atoms with van der Waals surface area (Å²) in [5, 5.41) is 3.21. The van der Waals surface area contributed by atoms with E-state index >= 15 is 0 Å². The first-order valence-electron chi connectivity index (χ1n) is 6.09. The van der Waals surface area contributed by atoms with Crippen LogP contribution in [0.2, 0.25) is 0 Å². The van der Waals surface area contributed by atoms with Crippen LogP contribution in [0.3, 0.4) is 0 Å². The van der Waals surface area contributed by atoms with Gasteiger partial charge in [0.05, 0.1) is 5.69 Å². The molecular weight excluding hydrogens is 241 g/mol. The van der Waals surface area contributed by atoms with Crippen molar-refractivity contribution in [2.75, 3.05) is 25.0 Å². The molecule has 0 radical (unpaired) electrons. The van der Waals surface area contributed by atoms with Crippen LogP contribution >= 0.6 is 0 Å². The fourth-order valence-electron chi connectivity index (χ4n) is 2.55. The molecule has 0 spiro atoms. The molecule has 0 saturated carbocycles. The Balaban J connectivity index is 2.20. The van der Waals surface area contributed by atoms with Crippen LogP contribution in [0.1, 0.15) is 13.3 Å². The third-order valence-corrected chi connectivity index (χ3v) is 3.61. The van der Waals surface area contributed by atoms with E-state index in [4.69, 9.17) is 0 Å². The first kappa shape index (κ1) is 13.2. The van der Waals surface area contributed by atoms with Gasteiger partial charge in [-0.1, -0.05) is 6.92 Å². The monoisotopic (exact) mass is 258 g/mol. The van der Waals surface area contributed by atoms with Crippen LogP contribution in [0.4, 0.5) is 18.9 Å². The van der Waals surface area contributed by atoms with Gasteiger partial charge in [0.15, 0.2) is 11.6 Å². The summed E-state index contributed by atoms with van der Waals surface area (Å²) in [7, 11) is 1.90. The van der Waals surface area contributed by atoms with Crippen LogP contribution in [0.5, 0.6) is 0 Å². The smallest absolute Gasteiger partial charge is 0.161 e. The maximum Gasteiger partial charge on any atom is 0.161 e. The van der Waals surface area contributed by atoms with Crippen LogP contribution in [0.25, 0.3) is 0 Å². The van der Waals surface area contributed by atoms with Gasteiger partial charge < -0.3 is 10.2 Å². The van der Waals surface area contributed by atoms with E-state index in [0.29, 0.717) is 31.1 Å². The number of rotatable bonds is 2. The van der Waals surface area contributed by atoms with Crippen molar-refractivity contribution < 1.29 is 13.2 Å². The van der Waals surface area contributed by atoms with Crippen molar-refractivity contribution in [1.29, 1.82) is 0 Å². The molecule has 18 heavy (non-hydrogen) atoms. The van der Waals surface area contributed by atoms with E-state index in [0.717, 1.165) is 12.5 Å². The minimum atomic E-state index is -1.14. The molecule has 2 nitrogen and oxygen atoms in total. The Morgan fingerprint density at radius 2 is 1.83 bits per heavy atom. The van der Waals surface area contributed by atoms with Crippen molar-refractivity contribution in [3.8, 4) is 0 Å². The average molecular weight is 258 g/mol. The minimum absolute atomic E-state index is 0.148. The molecule has 2 atom stereocenters. The molecule has 0 bridgehead atoms. The van der Waals surface area contributed by atoms with Crippen molar-refractivity contribution in [2.45, 2.75) is 19.4 Å². The highest BCUT2D eigenvalue weighted by Crippen LogP contribution is 2.27. The second-order valence-electron chi connectivity index (χ2n) is 4.82. The molecule has 1 heterocycles. The third-order valence-electron chi connectivity index (χ3n) is 3.61. The van der Waals surface area contributed by atoms with E-state index < -0.39 is 17.5 Å². The Morgan fingerprint density at radius 1 is 1.17 bits per heavy atom. The summed E-state index contributed by atoms with van der Waals surface area (Å²) < 4.78 is 39.7. The second-order valence-corrected chi connectivity index (χ2v) is 4.82. The first-order chi connectivity index (χ1) is 8.52. The van der Waals surface area contributed by atoms with Gasteiger partial charge >= 0.3 is 0 Å². The van der Waals surface area contributed by atoms with Crippen molar-refractivity contribution in [3.05, 3.63) is 29.6 Å². The maximum atomic E-state index is 13.7. The molecule has 1 aliphatic rings. The molecule has 5 heteroatoms. The van der Waals surface area contributed by atoms with Crippen molar-refractivity contribution >= 4 is 5.69 Å². The van der Waals surface area contributed by atoms with Gasteiger partial charge in [-0.15, -0.1) is 0 Å². The van der Waals surface area contributed by atoms with Gasteiger partial charge in [-0.3, -0.25) is 0 Å². The zero-order valence-electron chi connectivity index (χ0n) is 10.5. The lowest BCUT2D eigenvalue weighted by atomic mass is 9.93. The molecular formula is C13H17F3N2. The number of halogens is 3. The number of benzene rings is 1. The highest BCUT2D eigenvalue weighted by Gasteiger charge is 2.26. The van der Waals surface area contributed by atoms with Crippen LogP contribution in [0, 0.1) is 23.4 Å². The summed E-state index contributed by atoms with van der Waals surface area (Å²) in [6.07, 6.45) is 0.857. The predicted octanol–water partition coefficient (Wildman–Crippen LogP) is 2.54. The number of hydrogen-bond acceptors (Lipinski definition) is 2. The molecule has 1 N–H and O–H groups in total. The van der Waals surface area contributed by atoms with Crippen LogP contribution in [-0.4, -0.2) is 26.2 Å². The Kier molecular flexibility index (Phi) is 3.80. The van der Waals surface area contributed by atoms with Crippen molar-refractivity contribution in [3.63, 3.8) is 0 Å². The number of nitrogens with one attached hydrogen (secondary N) is 1. The summed E-state index contributed by atoms with van der Waals surface area (Å²) in [5.74, 6) is -2.52. The molecule has 0 aromatic heterocycles. The molecule has 1 aliphatic heterocycles. The van der Waals surface area contributed by atoms with Gasteiger partial charge in [0, 0.05) is 31.3 Å². The van der Waals surface area contributed by atoms with E-state index in [-0.39, 0.29) is 5.69 Å². The molecule has 1 aromatic carbocycles. The lowest BCUT2D eigenvalue weighted by molar-refractivity contribution is 0.336. The Labute approximate surface area is 105 Å². The van der Waals surface area contributed by atoms with E-state index in [2.05, 4.69) is 12.2 Å². The maximum absolute atomic E-state index is 13.7. The van der Waals surface area contributed by atoms with E-state index in [9.17, 15) is 13.2 Å². The van der Waals surface area contributed by atoms with Gasteiger partial charge in [-0.2, -0.15) is 0 Å². The number of anilines is 1. The van der Waals surface area contributed by atoms with E-state index in [1.54, 1.807) is 4.90 Å². The Morgan fingerprint density at radius 3 is 2.44 bits per heavy atom.